The van der Waals surface area contributed by atoms with Gasteiger partial charge in [0.05, 0.1) is 21.3 Å². The zero-order valence-electron chi connectivity index (χ0n) is 10.6. The molecule has 0 aliphatic heterocycles. The Kier molecular flexibility index (Phi) is 3.67. The Balaban J connectivity index is 2.56. The van der Waals surface area contributed by atoms with Crippen molar-refractivity contribution in [2.75, 3.05) is 21.3 Å². The molecule has 0 bridgehead atoms. The average molecular weight is 245 g/mol. The summed E-state index contributed by atoms with van der Waals surface area (Å²) in [5.74, 6) is 1.81. The van der Waals surface area contributed by atoms with Crippen LogP contribution in [0, 0.1) is 0 Å². The van der Waals surface area contributed by atoms with Crippen molar-refractivity contribution < 1.29 is 14.2 Å². The van der Waals surface area contributed by atoms with Gasteiger partial charge in [-0.3, -0.25) is 0 Å². The molecule has 4 heteroatoms. The van der Waals surface area contributed by atoms with Gasteiger partial charge in [0, 0.05) is 17.2 Å². The Labute approximate surface area is 106 Å². The molecule has 2 aromatic rings. The van der Waals surface area contributed by atoms with Crippen molar-refractivity contribution in [1.29, 1.82) is 0 Å². The molecule has 4 nitrogen and oxygen atoms in total. The minimum absolute atomic E-state index is 0.513. The van der Waals surface area contributed by atoms with Crippen LogP contribution in [0.15, 0.2) is 36.4 Å². The number of pyridine rings is 1. The van der Waals surface area contributed by atoms with Crippen molar-refractivity contribution in [3.05, 3.63) is 36.4 Å². The molecular weight excluding hydrogens is 230 g/mol. The number of rotatable bonds is 4. The summed E-state index contributed by atoms with van der Waals surface area (Å²) in [5, 5.41) is 0. The number of hydrogen-bond acceptors (Lipinski definition) is 4. The second-order valence-electron chi connectivity index (χ2n) is 3.61. The summed E-state index contributed by atoms with van der Waals surface area (Å²) in [6.45, 7) is 0. The Hall–Kier alpha value is -2.23. The Morgan fingerprint density at radius 1 is 0.778 bits per heavy atom. The fourth-order valence-corrected chi connectivity index (χ4v) is 1.76. The van der Waals surface area contributed by atoms with Crippen LogP contribution >= 0.6 is 0 Å². The predicted octanol–water partition coefficient (Wildman–Crippen LogP) is 2.77. The van der Waals surface area contributed by atoms with Crippen molar-refractivity contribution >= 4 is 0 Å². The van der Waals surface area contributed by atoms with Crippen molar-refractivity contribution in [1.82, 2.24) is 4.98 Å². The molecule has 0 aliphatic rings. The van der Waals surface area contributed by atoms with Crippen LogP contribution in [0.4, 0.5) is 0 Å². The highest BCUT2D eigenvalue weighted by Crippen LogP contribution is 2.35. The van der Waals surface area contributed by atoms with Gasteiger partial charge in [-0.05, 0) is 12.1 Å². The lowest BCUT2D eigenvalue weighted by Crippen LogP contribution is -1.96. The van der Waals surface area contributed by atoms with Gasteiger partial charge in [-0.2, -0.15) is 4.98 Å². The highest BCUT2D eigenvalue weighted by molar-refractivity contribution is 5.74. The molecule has 1 heterocycles. The quantitative estimate of drug-likeness (QED) is 0.830. The molecular formula is C14H15NO3. The lowest BCUT2D eigenvalue weighted by atomic mass is 10.1. The summed E-state index contributed by atoms with van der Waals surface area (Å²) in [6, 6.07) is 11.4. The monoisotopic (exact) mass is 245 g/mol. The van der Waals surface area contributed by atoms with Crippen molar-refractivity contribution in [3.8, 4) is 28.6 Å². The van der Waals surface area contributed by atoms with E-state index in [-0.39, 0.29) is 0 Å². The van der Waals surface area contributed by atoms with Gasteiger partial charge in [-0.25, -0.2) is 0 Å². The van der Waals surface area contributed by atoms with Gasteiger partial charge in [0.2, 0.25) is 11.8 Å². The lowest BCUT2D eigenvalue weighted by Gasteiger charge is -2.12. The van der Waals surface area contributed by atoms with Crippen molar-refractivity contribution in [2.45, 2.75) is 0 Å². The average Bonchev–Trinajstić information content (AvgIpc) is 2.46. The van der Waals surface area contributed by atoms with Gasteiger partial charge in [0.1, 0.15) is 5.75 Å². The Morgan fingerprint density at radius 2 is 1.56 bits per heavy atom. The molecule has 0 atom stereocenters. The third kappa shape index (κ3) is 2.22. The Morgan fingerprint density at radius 3 is 2.22 bits per heavy atom. The van der Waals surface area contributed by atoms with Gasteiger partial charge in [-0.1, -0.05) is 18.2 Å². The predicted molar refractivity (Wildman–Crippen MR) is 69.3 cm³/mol. The molecule has 0 N–H and O–H groups in total. The topological polar surface area (TPSA) is 40.6 Å². The SMILES string of the molecule is COc1ccc(-c2ccccc2OC)c(OC)n1. The van der Waals surface area contributed by atoms with E-state index in [9.17, 15) is 0 Å². The normalized spacial score (nSPS) is 9.94. The van der Waals surface area contributed by atoms with E-state index in [2.05, 4.69) is 4.98 Å². The summed E-state index contributed by atoms with van der Waals surface area (Å²) in [5.41, 5.74) is 1.81. The maximum absolute atomic E-state index is 5.34. The highest BCUT2D eigenvalue weighted by atomic mass is 16.5. The summed E-state index contributed by atoms with van der Waals surface area (Å²) in [6.07, 6.45) is 0. The summed E-state index contributed by atoms with van der Waals surface area (Å²) in [7, 11) is 4.80. The van der Waals surface area contributed by atoms with E-state index in [0.29, 0.717) is 11.8 Å². The smallest absolute Gasteiger partial charge is 0.224 e. The number of aromatic nitrogens is 1. The fourth-order valence-electron chi connectivity index (χ4n) is 1.76. The maximum Gasteiger partial charge on any atom is 0.224 e. The second-order valence-corrected chi connectivity index (χ2v) is 3.61. The van der Waals surface area contributed by atoms with Gasteiger partial charge in [-0.15, -0.1) is 0 Å². The largest absolute Gasteiger partial charge is 0.496 e. The van der Waals surface area contributed by atoms with Crippen LogP contribution in [0.25, 0.3) is 11.1 Å². The van der Waals surface area contributed by atoms with Crippen molar-refractivity contribution in [3.63, 3.8) is 0 Å². The number of methoxy groups -OCH3 is 3. The van der Waals surface area contributed by atoms with Crippen LogP contribution in [0.5, 0.6) is 17.5 Å². The van der Waals surface area contributed by atoms with E-state index in [1.807, 2.05) is 30.3 Å². The molecule has 1 aromatic heterocycles. The first-order valence-electron chi connectivity index (χ1n) is 5.52. The molecule has 0 radical (unpaired) electrons. The van der Waals surface area contributed by atoms with Crippen LogP contribution in [0.2, 0.25) is 0 Å². The summed E-state index contributed by atoms with van der Waals surface area (Å²) >= 11 is 0. The van der Waals surface area contributed by atoms with E-state index < -0.39 is 0 Å². The Bertz CT molecular complexity index is 540. The molecule has 0 saturated heterocycles. The third-order valence-corrected chi connectivity index (χ3v) is 2.63. The van der Waals surface area contributed by atoms with E-state index >= 15 is 0 Å². The zero-order chi connectivity index (χ0) is 13.0. The van der Waals surface area contributed by atoms with E-state index in [1.165, 1.54) is 0 Å². The minimum Gasteiger partial charge on any atom is -0.496 e. The van der Waals surface area contributed by atoms with Gasteiger partial charge in [0.25, 0.3) is 0 Å². The number of hydrogen-bond donors (Lipinski definition) is 0. The van der Waals surface area contributed by atoms with E-state index in [4.69, 9.17) is 14.2 Å². The molecule has 0 fully saturated rings. The van der Waals surface area contributed by atoms with Crippen LogP contribution in [0.3, 0.4) is 0 Å². The molecule has 0 amide bonds. The first kappa shape index (κ1) is 12.2. The lowest BCUT2D eigenvalue weighted by molar-refractivity contribution is 0.365. The van der Waals surface area contributed by atoms with Crippen molar-refractivity contribution in [2.24, 2.45) is 0 Å². The highest BCUT2D eigenvalue weighted by Gasteiger charge is 2.12. The first-order chi connectivity index (χ1) is 8.80. The molecule has 1 aromatic carbocycles. The fraction of sp³-hybridized carbons (Fsp3) is 0.214. The molecule has 2 rings (SSSR count). The van der Waals surface area contributed by atoms with Gasteiger partial charge in [0.15, 0.2) is 0 Å². The summed E-state index contributed by atoms with van der Waals surface area (Å²) < 4.78 is 15.7. The molecule has 0 unspecified atom stereocenters. The minimum atomic E-state index is 0.513. The number of nitrogens with zero attached hydrogens (tertiary/aromatic N) is 1. The van der Waals surface area contributed by atoms with Gasteiger partial charge < -0.3 is 14.2 Å². The number of benzene rings is 1. The number of ether oxygens (including phenoxy) is 3. The van der Waals surface area contributed by atoms with Crippen LogP contribution in [-0.4, -0.2) is 26.3 Å². The zero-order valence-corrected chi connectivity index (χ0v) is 10.6. The second kappa shape index (κ2) is 5.40. The third-order valence-electron chi connectivity index (χ3n) is 2.63. The van der Waals surface area contributed by atoms with Crippen LogP contribution < -0.4 is 14.2 Å². The standard InChI is InChI=1S/C14H15NO3/c1-16-12-7-5-4-6-10(12)11-8-9-13(17-2)15-14(11)18-3/h4-9H,1-3H3. The number of para-hydroxylation sites is 1. The van der Waals surface area contributed by atoms with Gasteiger partial charge >= 0.3 is 0 Å². The molecule has 18 heavy (non-hydrogen) atoms. The summed E-state index contributed by atoms with van der Waals surface area (Å²) in [4.78, 5) is 4.26. The van der Waals surface area contributed by atoms with Crippen LogP contribution in [0.1, 0.15) is 0 Å². The molecule has 0 spiro atoms. The van der Waals surface area contributed by atoms with E-state index in [1.54, 1.807) is 27.4 Å². The molecule has 0 saturated carbocycles. The first-order valence-corrected chi connectivity index (χ1v) is 5.52. The van der Waals surface area contributed by atoms with Crippen LogP contribution in [-0.2, 0) is 0 Å². The molecule has 0 aliphatic carbocycles. The van der Waals surface area contributed by atoms with E-state index in [0.717, 1.165) is 16.9 Å². The maximum atomic E-state index is 5.34. The molecule has 94 valence electrons.